The first kappa shape index (κ1) is 17.0. The van der Waals surface area contributed by atoms with Gasteiger partial charge in [0.25, 0.3) is 0 Å². The van der Waals surface area contributed by atoms with E-state index in [2.05, 4.69) is 22.0 Å². The van der Waals surface area contributed by atoms with Crippen LogP contribution in [0.5, 0.6) is 0 Å². The van der Waals surface area contributed by atoms with Crippen LogP contribution in [0, 0.1) is 17.1 Å². The van der Waals surface area contributed by atoms with Crippen LogP contribution in [0.1, 0.15) is 34.8 Å². The number of aromatic nitrogens is 1. The number of fused-ring (bicyclic) bond motifs is 1. The van der Waals surface area contributed by atoms with E-state index in [0.29, 0.717) is 17.7 Å². The van der Waals surface area contributed by atoms with Gasteiger partial charge in [-0.15, -0.1) is 0 Å². The summed E-state index contributed by atoms with van der Waals surface area (Å²) in [6.45, 7) is 2.92. The van der Waals surface area contributed by atoms with E-state index in [0.717, 1.165) is 35.1 Å². The van der Waals surface area contributed by atoms with E-state index in [-0.39, 0.29) is 11.6 Å². The molecule has 4 rings (SSSR count). The standard InChI is InChI=1S/C22H18FN3O/c1-14(27)16-2-3-17(12-24)22(10-16)26-8-6-15(7-9-26)20-13-25-21-11-18(23)4-5-19(20)21/h2-6,10-11,13,25H,7-9H2,1H3. The molecule has 4 nitrogen and oxygen atoms in total. The third kappa shape index (κ3) is 3.11. The van der Waals surface area contributed by atoms with Gasteiger partial charge in [-0.05, 0) is 55.3 Å². The fourth-order valence-corrected chi connectivity index (χ4v) is 3.60. The van der Waals surface area contributed by atoms with Gasteiger partial charge in [-0.25, -0.2) is 4.39 Å². The first-order valence-electron chi connectivity index (χ1n) is 8.83. The predicted octanol–water partition coefficient (Wildman–Crippen LogP) is 4.67. The van der Waals surface area contributed by atoms with Gasteiger partial charge in [-0.1, -0.05) is 6.08 Å². The van der Waals surface area contributed by atoms with Gasteiger partial charge < -0.3 is 9.88 Å². The molecule has 0 bridgehead atoms. The average molecular weight is 359 g/mol. The van der Waals surface area contributed by atoms with E-state index in [9.17, 15) is 14.4 Å². The molecular formula is C22H18FN3O. The molecular weight excluding hydrogens is 341 g/mol. The number of hydrogen-bond donors (Lipinski definition) is 1. The lowest BCUT2D eigenvalue weighted by Crippen LogP contribution is -2.29. The third-order valence-corrected chi connectivity index (χ3v) is 5.06. The Bertz CT molecular complexity index is 1120. The molecule has 0 fully saturated rings. The summed E-state index contributed by atoms with van der Waals surface area (Å²) in [7, 11) is 0. The lowest BCUT2D eigenvalue weighted by Gasteiger charge is -2.29. The summed E-state index contributed by atoms with van der Waals surface area (Å²) < 4.78 is 13.4. The van der Waals surface area contributed by atoms with Gasteiger partial charge in [0.2, 0.25) is 0 Å². The minimum absolute atomic E-state index is 0.0139. The van der Waals surface area contributed by atoms with Gasteiger partial charge in [0.05, 0.1) is 11.3 Å². The van der Waals surface area contributed by atoms with Crippen molar-refractivity contribution in [2.24, 2.45) is 0 Å². The highest BCUT2D eigenvalue weighted by Crippen LogP contribution is 2.32. The number of anilines is 1. The Kier molecular flexibility index (Phi) is 4.25. The fourth-order valence-electron chi connectivity index (χ4n) is 3.60. The van der Waals surface area contributed by atoms with E-state index in [1.807, 2.05) is 6.20 Å². The molecule has 0 aliphatic carbocycles. The number of carbonyl (C=O) groups is 1. The maximum Gasteiger partial charge on any atom is 0.159 e. The van der Waals surface area contributed by atoms with Gasteiger partial charge in [-0.3, -0.25) is 4.79 Å². The van der Waals surface area contributed by atoms with Crippen molar-refractivity contribution in [3.05, 3.63) is 71.2 Å². The van der Waals surface area contributed by atoms with Crippen LogP contribution in [-0.2, 0) is 0 Å². The molecule has 0 unspecified atom stereocenters. The Labute approximate surface area is 156 Å². The number of nitrogens with zero attached hydrogens (tertiary/aromatic N) is 2. The van der Waals surface area contributed by atoms with Crippen molar-refractivity contribution in [3.63, 3.8) is 0 Å². The van der Waals surface area contributed by atoms with Crippen molar-refractivity contribution >= 4 is 27.9 Å². The molecule has 5 heteroatoms. The Balaban J connectivity index is 1.65. The highest BCUT2D eigenvalue weighted by atomic mass is 19.1. The zero-order chi connectivity index (χ0) is 19.0. The third-order valence-electron chi connectivity index (χ3n) is 5.06. The molecule has 1 aromatic heterocycles. The van der Waals surface area contributed by atoms with Crippen LogP contribution in [0.2, 0.25) is 0 Å². The summed E-state index contributed by atoms with van der Waals surface area (Å²) in [5.74, 6) is -0.269. The number of nitriles is 1. The maximum absolute atomic E-state index is 13.4. The molecule has 3 aromatic rings. The Hall–Kier alpha value is -3.39. The summed E-state index contributed by atoms with van der Waals surface area (Å²) in [5, 5.41) is 10.4. The van der Waals surface area contributed by atoms with Gasteiger partial charge in [0.1, 0.15) is 11.9 Å². The Morgan fingerprint density at radius 3 is 2.81 bits per heavy atom. The molecule has 0 spiro atoms. The van der Waals surface area contributed by atoms with Crippen LogP contribution >= 0.6 is 0 Å². The summed E-state index contributed by atoms with van der Waals surface area (Å²) in [4.78, 5) is 16.9. The highest BCUT2D eigenvalue weighted by Gasteiger charge is 2.19. The number of aromatic amines is 1. The molecule has 0 atom stereocenters. The summed E-state index contributed by atoms with van der Waals surface area (Å²) in [6, 6.07) is 12.2. The van der Waals surface area contributed by atoms with Crippen LogP contribution in [0.25, 0.3) is 16.5 Å². The minimum atomic E-state index is -0.255. The number of nitrogens with one attached hydrogen (secondary N) is 1. The zero-order valence-corrected chi connectivity index (χ0v) is 14.9. The van der Waals surface area contributed by atoms with Gasteiger partial charge in [0.15, 0.2) is 5.78 Å². The average Bonchev–Trinajstić information content (AvgIpc) is 3.10. The number of halogens is 1. The SMILES string of the molecule is CC(=O)c1ccc(C#N)c(N2CC=C(c3c[nH]c4cc(F)ccc34)CC2)c1. The van der Waals surface area contributed by atoms with Crippen molar-refractivity contribution in [1.29, 1.82) is 5.26 Å². The van der Waals surface area contributed by atoms with Crippen molar-refractivity contribution < 1.29 is 9.18 Å². The normalized spacial score (nSPS) is 14.1. The maximum atomic E-state index is 13.4. The second kappa shape index (κ2) is 6.73. The summed E-state index contributed by atoms with van der Waals surface area (Å²) >= 11 is 0. The smallest absolute Gasteiger partial charge is 0.159 e. The quantitative estimate of drug-likeness (QED) is 0.691. The molecule has 134 valence electrons. The lowest BCUT2D eigenvalue weighted by atomic mass is 9.97. The second-order valence-corrected chi connectivity index (χ2v) is 6.72. The van der Waals surface area contributed by atoms with Crippen LogP contribution in [0.3, 0.4) is 0 Å². The first-order valence-corrected chi connectivity index (χ1v) is 8.83. The molecule has 0 saturated heterocycles. The topological polar surface area (TPSA) is 59.9 Å². The molecule has 1 aliphatic heterocycles. The predicted molar refractivity (Wildman–Crippen MR) is 104 cm³/mol. The number of carbonyl (C=O) groups excluding carboxylic acids is 1. The molecule has 1 N–H and O–H groups in total. The molecule has 0 radical (unpaired) electrons. The molecule has 2 aromatic carbocycles. The molecule has 1 aliphatic rings. The molecule has 27 heavy (non-hydrogen) atoms. The summed E-state index contributed by atoms with van der Waals surface area (Å²) in [5.41, 5.74) is 5.04. The molecule has 2 heterocycles. The Morgan fingerprint density at radius 2 is 2.11 bits per heavy atom. The molecule has 0 saturated carbocycles. The van der Waals surface area contributed by atoms with Crippen molar-refractivity contribution in [1.82, 2.24) is 4.98 Å². The lowest BCUT2D eigenvalue weighted by molar-refractivity contribution is 0.101. The number of rotatable bonds is 3. The Morgan fingerprint density at radius 1 is 1.26 bits per heavy atom. The largest absolute Gasteiger partial charge is 0.366 e. The highest BCUT2D eigenvalue weighted by molar-refractivity contribution is 5.96. The van der Waals surface area contributed by atoms with Crippen molar-refractivity contribution in [3.8, 4) is 6.07 Å². The van der Waals surface area contributed by atoms with E-state index < -0.39 is 0 Å². The van der Waals surface area contributed by atoms with Crippen LogP contribution in [-0.4, -0.2) is 23.9 Å². The van der Waals surface area contributed by atoms with E-state index in [1.165, 1.54) is 24.6 Å². The van der Waals surface area contributed by atoms with E-state index in [4.69, 9.17) is 0 Å². The number of hydrogen-bond acceptors (Lipinski definition) is 3. The monoisotopic (exact) mass is 359 g/mol. The van der Waals surface area contributed by atoms with Gasteiger partial charge in [0, 0.05) is 41.3 Å². The van der Waals surface area contributed by atoms with Crippen LogP contribution in [0.15, 0.2) is 48.7 Å². The zero-order valence-electron chi connectivity index (χ0n) is 14.9. The van der Waals surface area contributed by atoms with Crippen molar-refractivity contribution in [2.75, 3.05) is 18.0 Å². The number of benzene rings is 2. The van der Waals surface area contributed by atoms with E-state index in [1.54, 1.807) is 24.3 Å². The number of Topliss-reactive ketones (excluding diaryl/α,β-unsaturated/α-hetero) is 1. The van der Waals surface area contributed by atoms with E-state index >= 15 is 0 Å². The number of ketones is 1. The van der Waals surface area contributed by atoms with Gasteiger partial charge >= 0.3 is 0 Å². The van der Waals surface area contributed by atoms with Crippen LogP contribution < -0.4 is 4.90 Å². The summed E-state index contributed by atoms with van der Waals surface area (Å²) in [6.07, 6.45) is 4.86. The fraction of sp³-hybridized carbons (Fsp3) is 0.182. The second-order valence-electron chi connectivity index (χ2n) is 6.72. The molecule has 0 amide bonds. The van der Waals surface area contributed by atoms with Crippen LogP contribution in [0.4, 0.5) is 10.1 Å². The first-order chi connectivity index (χ1) is 13.1. The van der Waals surface area contributed by atoms with Gasteiger partial charge in [-0.2, -0.15) is 5.26 Å². The van der Waals surface area contributed by atoms with Crippen molar-refractivity contribution in [2.45, 2.75) is 13.3 Å². The number of H-pyrrole nitrogens is 1. The minimum Gasteiger partial charge on any atom is -0.366 e.